The Bertz CT molecular complexity index is 751. The lowest BCUT2D eigenvalue weighted by molar-refractivity contribution is -0.137. The minimum absolute atomic E-state index is 0.0242. The standard InChI is InChI=1S/C17H15Cl2F3N2O/c18-12-3-1-2-11(8-12)6-7-23-16(25)10-24-15-5-4-13(19)9-14(15)17(20,21)22/h1-5,8-9,24H,6-7,10H2,(H,23,25). The molecule has 2 aromatic carbocycles. The van der Waals surface area contributed by atoms with E-state index in [1.54, 1.807) is 18.2 Å². The van der Waals surface area contributed by atoms with Gasteiger partial charge in [-0.3, -0.25) is 4.79 Å². The minimum Gasteiger partial charge on any atom is -0.376 e. The zero-order valence-corrected chi connectivity index (χ0v) is 14.5. The molecule has 134 valence electrons. The van der Waals surface area contributed by atoms with Gasteiger partial charge in [0.05, 0.1) is 12.1 Å². The van der Waals surface area contributed by atoms with Crippen LogP contribution in [-0.2, 0) is 17.4 Å². The van der Waals surface area contributed by atoms with Crippen LogP contribution in [0.2, 0.25) is 10.0 Å². The number of carbonyl (C=O) groups excluding carboxylic acids is 1. The van der Waals surface area contributed by atoms with Crippen LogP contribution < -0.4 is 10.6 Å². The summed E-state index contributed by atoms with van der Waals surface area (Å²) in [6, 6.07) is 10.6. The molecule has 2 N–H and O–H groups in total. The molecular weight excluding hydrogens is 376 g/mol. The average molecular weight is 391 g/mol. The molecule has 0 spiro atoms. The van der Waals surface area contributed by atoms with Gasteiger partial charge in [-0.05, 0) is 42.3 Å². The van der Waals surface area contributed by atoms with Crippen molar-refractivity contribution in [3.05, 3.63) is 63.6 Å². The summed E-state index contributed by atoms with van der Waals surface area (Å²) < 4.78 is 38.9. The van der Waals surface area contributed by atoms with E-state index in [-0.39, 0.29) is 17.3 Å². The molecule has 3 nitrogen and oxygen atoms in total. The Morgan fingerprint density at radius 1 is 1.04 bits per heavy atom. The Morgan fingerprint density at radius 2 is 1.76 bits per heavy atom. The fraction of sp³-hybridized carbons (Fsp3) is 0.235. The molecule has 25 heavy (non-hydrogen) atoms. The van der Waals surface area contributed by atoms with Gasteiger partial charge in [-0.25, -0.2) is 0 Å². The number of benzene rings is 2. The van der Waals surface area contributed by atoms with Crippen LogP contribution in [0.4, 0.5) is 18.9 Å². The summed E-state index contributed by atoms with van der Waals surface area (Å²) in [5.41, 5.74) is -0.147. The molecule has 0 bridgehead atoms. The number of anilines is 1. The molecule has 0 saturated heterocycles. The molecule has 0 aliphatic carbocycles. The van der Waals surface area contributed by atoms with Gasteiger partial charge in [-0.1, -0.05) is 35.3 Å². The number of nitrogens with one attached hydrogen (secondary N) is 2. The number of hydrogen-bond acceptors (Lipinski definition) is 2. The second-order valence-electron chi connectivity index (χ2n) is 5.27. The highest BCUT2D eigenvalue weighted by Gasteiger charge is 2.33. The van der Waals surface area contributed by atoms with Crippen LogP contribution >= 0.6 is 23.2 Å². The van der Waals surface area contributed by atoms with Gasteiger partial charge in [0.25, 0.3) is 0 Å². The van der Waals surface area contributed by atoms with Crippen LogP contribution in [-0.4, -0.2) is 19.0 Å². The SMILES string of the molecule is O=C(CNc1ccc(Cl)cc1C(F)(F)F)NCCc1cccc(Cl)c1. The summed E-state index contributed by atoms with van der Waals surface area (Å²) in [7, 11) is 0. The number of amides is 1. The van der Waals surface area contributed by atoms with Gasteiger partial charge < -0.3 is 10.6 Å². The van der Waals surface area contributed by atoms with Crippen LogP contribution in [0.25, 0.3) is 0 Å². The van der Waals surface area contributed by atoms with E-state index in [0.29, 0.717) is 18.0 Å². The fourth-order valence-corrected chi connectivity index (χ4v) is 2.57. The highest BCUT2D eigenvalue weighted by Crippen LogP contribution is 2.36. The molecule has 0 saturated carbocycles. The summed E-state index contributed by atoms with van der Waals surface area (Å²) in [4.78, 5) is 11.8. The third-order valence-electron chi connectivity index (χ3n) is 3.35. The smallest absolute Gasteiger partial charge is 0.376 e. The summed E-state index contributed by atoms with van der Waals surface area (Å²) >= 11 is 11.5. The van der Waals surface area contributed by atoms with Crippen molar-refractivity contribution in [3.63, 3.8) is 0 Å². The molecule has 0 fully saturated rings. The second kappa shape index (κ2) is 8.45. The first-order chi connectivity index (χ1) is 11.8. The zero-order chi connectivity index (χ0) is 18.4. The molecular formula is C17H15Cl2F3N2O. The fourth-order valence-electron chi connectivity index (χ4n) is 2.18. The predicted octanol–water partition coefficient (Wildman–Crippen LogP) is 4.78. The maximum atomic E-state index is 13.0. The molecule has 0 atom stereocenters. The van der Waals surface area contributed by atoms with Gasteiger partial charge in [0.2, 0.25) is 5.91 Å². The topological polar surface area (TPSA) is 41.1 Å². The maximum absolute atomic E-state index is 13.0. The Balaban J connectivity index is 1.86. The Hall–Kier alpha value is -1.92. The van der Waals surface area contributed by atoms with E-state index in [9.17, 15) is 18.0 Å². The van der Waals surface area contributed by atoms with Crippen molar-refractivity contribution in [3.8, 4) is 0 Å². The molecule has 1 amide bonds. The lowest BCUT2D eigenvalue weighted by Crippen LogP contribution is -2.31. The first-order valence-corrected chi connectivity index (χ1v) is 8.13. The van der Waals surface area contributed by atoms with Gasteiger partial charge in [-0.15, -0.1) is 0 Å². The van der Waals surface area contributed by atoms with Crippen molar-refractivity contribution in [1.82, 2.24) is 5.32 Å². The van der Waals surface area contributed by atoms with Crippen molar-refractivity contribution < 1.29 is 18.0 Å². The van der Waals surface area contributed by atoms with Crippen molar-refractivity contribution in [2.75, 3.05) is 18.4 Å². The Morgan fingerprint density at radius 3 is 2.44 bits per heavy atom. The third kappa shape index (κ3) is 6.14. The number of hydrogen-bond donors (Lipinski definition) is 2. The first kappa shape index (κ1) is 19.4. The van der Waals surface area contributed by atoms with E-state index in [1.807, 2.05) is 6.07 Å². The van der Waals surface area contributed by atoms with Crippen LogP contribution in [0.5, 0.6) is 0 Å². The van der Waals surface area contributed by atoms with Crippen LogP contribution in [0, 0.1) is 0 Å². The van der Waals surface area contributed by atoms with Gasteiger partial charge >= 0.3 is 6.18 Å². The molecule has 0 aliphatic rings. The molecule has 0 heterocycles. The van der Waals surface area contributed by atoms with E-state index in [2.05, 4.69) is 10.6 Å². The lowest BCUT2D eigenvalue weighted by atomic mass is 10.1. The molecule has 0 aliphatic heterocycles. The number of carbonyl (C=O) groups is 1. The number of alkyl halides is 3. The summed E-state index contributed by atoms with van der Waals surface area (Å²) in [5, 5.41) is 5.71. The highest BCUT2D eigenvalue weighted by molar-refractivity contribution is 6.31. The molecule has 0 radical (unpaired) electrons. The Kier molecular flexibility index (Phi) is 6.56. The maximum Gasteiger partial charge on any atom is 0.418 e. The van der Waals surface area contributed by atoms with E-state index in [4.69, 9.17) is 23.2 Å². The second-order valence-corrected chi connectivity index (χ2v) is 6.14. The van der Waals surface area contributed by atoms with E-state index in [0.717, 1.165) is 11.6 Å². The molecule has 8 heteroatoms. The summed E-state index contributed by atoms with van der Waals surface area (Å²) in [6.45, 7) is 0.0772. The van der Waals surface area contributed by atoms with Crippen LogP contribution in [0.3, 0.4) is 0 Å². The number of rotatable bonds is 6. The van der Waals surface area contributed by atoms with Gasteiger partial charge in [0, 0.05) is 22.3 Å². The molecule has 0 aromatic heterocycles. The zero-order valence-electron chi connectivity index (χ0n) is 13.0. The van der Waals surface area contributed by atoms with E-state index in [1.165, 1.54) is 12.1 Å². The van der Waals surface area contributed by atoms with Crippen LogP contribution in [0.15, 0.2) is 42.5 Å². The average Bonchev–Trinajstić information content (AvgIpc) is 2.53. The van der Waals surface area contributed by atoms with Crippen LogP contribution in [0.1, 0.15) is 11.1 Å². The van der Waals surface area contributed by atoms with Gasteiger partial charge in [0.1, 0.15) is 0 Å². The van der Waals surface area contributed by atoms with Crippen molar-refractivity contribution >= 4 is 34.8 Å². The van der Waals surface area contributed by atoms with Gasteiger partial charge in [0.15, 0.2) is 0 Å². The number of halogens is 5. The minimum atomic E-state index is -4.56. The van der Waals surface area contributed by atoms with Crippen molar-refractivity contribution in [2.24, 2.45) is 0 Å². The molecule has 0 unspecified atom stereocenters. The van der Waals surface area contributed by atoms with Gasteiger partial charge in [-0.2, -0.15) is 13.2 Å². The predicted molar refractivity (Wildman–Crippen MR) is 93.1 cm³/mol. The van der Waals surface area contributed by atoms with Crippen molar-refractivity contribution in [2.45, 2.75) is 12.6 Å². The normalized spacial score (nSPS) is 11.2. The monoisotopic (exact) mass is 390 g/mol. The molecule has 2 rings (SSSR count). The van der Waals surface area contributed by atoms with E-state index < -0.39 is 17.6 Å². The first-order valence-electron chi connectivity index (χ1n) is 7.37. The van der Waals surface area contributed by atoms with Crippen molar-refractivity contribution in [1.29, 1.82) is 0 Å². The highest BCUT2D eigenvalue weighted by atomic mass is 35.5. The van der Waals surface area contributed by atoms with E-state index >= 15 is 0 Å². The summed E-state index contributed by atoms with van der Waals surface area (Å²) in [6.07, 6.45) is -3.99. The third-order valence-corrected chi connectivity index (χ3v) is 3.82. The largest absolute Gasteiger partial charge is 0.418 e. The Labute approximate surface area is 153 Å². The molecule has 2 aromatic rings. The lowest BCUT2D eigenvalue weighted by Gasteiger charge is -2.15. The quantitative estimate of drug-likeness (QED) is 0.744. The summed E-state index contributed by atoms with van der Waals surface area (Å²) in [5.74, 6) is -0.412.